The fourth-order valence-electron chi connectivity index (χ4n) is 1.44. The molecule has 2 aromatic rings. The molecule has 0 spiro atoms. The molecule has 19 heavy (non-hydrogen) atoms. The van der Waals surface area contributed by atoms with Gasteiger partial charge in [0.25, 0.3) is 0 Å². The van der Waals surface area contributed by atoms with Crippen LogP contribution in [0, 0.1) is 6.07 Å². The summed E-state index contributed by atoms with van der Waals surface area (Å²) in [7, 11) is 0. The third-order valence-electron chi connectivity index (χ3n) is 2.29. The zero-order valence-electron chi connectivity index (χ0n) is 9.05. The Labute approximate surface area is 103 Å². The van der Waals surface area contributed by atoms with Gasteiger partial charge in [0.2, 0.25) is 0 Å². The maximum atomic E-state index is 12.6. The van der Waals surface area contributed by atoms with Crippen LogP contribution >= 0.6 is 0 Å². The number of halogens is 6. The molecule has 0 bridgehead atoms. The van der Waals surface area contributed by atoms with Gasteiger partial charge in [-0.2, -0.15) is 31.4 Å². The Balaban J connectivity index is 2.62. The van der Waals surface area contributed by atoms with Crippen LogP contribution in [0.2, 0.25) is 0 Å². The Morgan fingerprint density at radius 3 is 1.79 bits per heavy atom. The Bertz CT molecular complexity index is 536. The van der Waals surface area contributed by atoms with E-state index >= 15 is 0 Å². The molecule has 0 N–H and O–H groups in total. The van der Waals surface area contributed by atoms with E-state index in [4.69, 9.17) is 0 Å². The normalized spacial score (nSPS) is 12.7. The third-order valence-corrected chi connectivity index (χ3v) is 2.29. The number of rotatable bonds is 1. The summed E-state index contributed by atoms with van der Waals surface area (Å²) >= 11 is 0. The van der Waals surface area contributed by atoms with Crippen LogP contribution in [0.4, 0.5) is 26.3 Å². The van der Waals surface area contributed by atoms with E-state index in [1.54, 1.807) is 0 Å². The molecule has 1 aromatic carbocycles. The average Bonchev–Trinajstić information content (AvgIpc) is 2.79. The van der Waals surface area contributed by atoms with Crippen molar-refractivity contribution in [3.63, 3.8) is 0 Å². The molecule has 0 amide bonds. The molecule has 0 aliphatic carbocycles. The van der Waals surface area contributed by atoms with Crippen molar-refractivity contribution in [1.82, 2.24) is 9.78 Å². The molecule has 1 heterocycles. The van der Waals surface area contributed by atoms with Crippen molar-refractivity contribution in [2.45, 2.75) is 12.4 Å². The highest BCUT2D eigenvalue weighted by Crippen LogP contribution is 2.36. The first-order valence-electron chi connectivity index (χ1n) is 4.88. The predicted octanol–water partition coefficient (Wildman–Crippen LogP) is 3.71. The highest BCUT2D eigenvalue weighted by molar-refractivity contribution is 5.41. The monoisotopic (exact) mass is 279 g/mol. The van der Waals surface area contributed by atoms with Gasteiger partial charge < -0.3 is 0 Å². The number of nitrogens with zero attached hydrogens (tertiary/aromatic N) is 2. The molecular formula is C11H5F6N2. The van der Waals surface area contributed by atoms with E-state index in [-0.39, 0.29) is 11.8 Å². The Hall–Kier alpha value is -1.99. The van der Waals surface area contributed by atoms with Crippen LogP contribution in [-0.4, -0.2) is 9.78 Å². The summed E-state index contributed by atoms with van der Waals surface area (Å²) in [6.07, 6.45) is -7.47. The lowest BCUT2D eigenvalue weighted by molar-refractivity contribution is -0.143. The lowest BCUT2D eigenvalue weighted by Gasteiger charge is -2.14. The molecule has 0 atom stereocenters. The van der Waals surface area contributed by atoms with Crippen LogP contribution in [-0.2, 0) is 12.4 Å². The van der Waals surface area contributed by atoms with Gasteiger partial charge in [-0.1, -0.05) is 0 Å². The number of aromatic nitrogens is 2. The van der Waals surface area contributed by atoms with Crippen molar-refractivity contribution in [3.8, 4) is 5.69 Å². The summed E-state index contributed by atoms with van der Waals surface area (Å²) in [5, 5.41) is 3.56. The first-order chi connectivity index (χ1) is 8.68. The first-order valence-corrected chi connectivity index (χ1v) is 4.88. The quantitative estimate of drug-likeness (QED) is 0.728. The largest absolute Gasteiger partial charge is 0.416 e. The number of benzene rings is 1. The summed E-state index contributed by atoms with van der Waals surface area (Å²) in [5.74, 6) is 0. The van der Waals surface area contributed by atoms with Crippen molar-refractivity contribution in [2.75, 3.05) is 0 Å². The molecular weight excluding hydrogens is 274 g/mol. The minimum atomic E-state index is -4.87. The van der Waals surface area contributed by atoms with Crippen LogP contribution in [0.25, 0.3) is 5.69 Å². The van der Waals surface area contributed by atoms with Crippen molar-refractivity contribution >= 4 is 0 Å². The lowest BCUT2D eigenvalue weighted by atomic mass is 10.1. The Morgan fingerprint density at radius 1 is 0.895 bits per heavy atom. The van der Waals surface area contributed by atoms with Crippen LogP contribution in [0.1, 0.15) is 11.1 Å². The van der Waals surface area contributed by atoms with Gasteiger partial charge in [-0.15, -0.1) is 0 Å². The van der Waals surface area contributed by atoms with Crippen LogP contribution in [0.15, 0.2) is 30.6 Å². The third kappa shape index (κ3) is 2.88. The van der Waals surface area contributed by atoms with Gasteiger partial charge in [0, 0.05) is 12.3 Å². The molecule has 8 heteroatoms. The Morgan fingerprint density at radius 2 is 1.42 bits per heavy atom. The van der Waals surface area contributed by atoms with E-state index in [0.717, 1.165) is 17.1 Å². The van der Waals surface area contributed by atoms with Gasteiger partial charge in [-0.25, -0.2) is 4.68 Å². The summed E-state index contributed by atoms with van der Waals surface area (Å²) in [6, 6.07) is 3.69. The molecule has 0 aliphatic heterocycles. The first kappa shape index (κ1) is 13.4. The second kappa shape index (κ2) is 4.29. The summed E-state index contributed by atoms with van der Waals surface area (Å²) in [4.78, 5) is 0. The van der Waals surface area contributed by atoms with Crippen molar-refractivity contribution < 1.29 is 26.3 Å². The molecule has 101 valence electrons. The number of alkyl halides is 6. The summed E-state index contributed by atoms with van der Waals surface area (Å²) in [5.41, 5.74) is -3.09. The van der Waals surface area contributed by atoms with E-state index in [2.05, 4.69) is 11.2 Å². The summed E-state index contributed by atoms with van der Waals surface area (Å²) < 4.78 is 76.3. The minimum Gasteiger partial charge on any atom is -0.240 e. The van der Waals surface area contributed by atoms with Crippen LogP contribution in [0.5, 0.6) is 0 Å². The molecule has 1 radical (unpaired) electrons. The molecule has 0 aliphatic rings. The second-order valence-corrected chi connectivity index (χ2v) is 3.65. The minimum absolute atomic E-state index is 0.0662. The summed E-state index contributed by atoms with van der Waals surface area (Å²) in [6.45, 7) is 0. The molecule has 2 rings (SSSR count). The number of hydrogen-bond acceptors (Lipinski definition) is 1. The van der Waals surface area contributed by atoms with Crippen LogP contribution in [0.3, 0.4) is 0 Å². The molecule has 1 aromatic heterocycles. The van der Waals surface area contributed by atoms with Gasteiger partial charge in [0.05, 0.1) is 23.0 Å². The van der Waals surface area contributed by atoms with Gasteiger partial charge in [-0.05, 0) is 18.2 Å². The standard InChI is InChI=1S/C11H5F6N2/c12-10(13,14)7-4-8(11(15,16)17)6-9(5-7)19-3-1-2-18-19/h2-6H. The fourth-order valence-corrected chi connectivity index (χ4v) is 1.44. The SMILES string of the molecule is FC(F)(F)c1cc(-n2c[c]cn2)cc(C(F)(F)F)c1. The number of hydrogen-bond donors (Lipinski definition) is 0. The van der Waals surface area contributed by atoms with Gasteiger partial charge in [0.15, 0.2) is 0 Å². The van der Waals surface area contributed by atoms with E-state index in [1.165, 1.54) is 0 Å². The average molecular weight is 279 g/mol. The van der Waals surface area contributed by atoms with Crippen LogP contribution < -0.4 is 0 Å². The van der Waals surface area contributed by atoms with E-state index < -0.39 is 23.5 Å². The van der Waals surface area contributed by atoms with Crippen molar-refractivity contribution in [2.24, 2.45) is 0 Å². The zero-order chi connectivity index (χ0) is 14.3. The smallest absolute Gasteiger partial charge is 0.240 e. The lowest BCUT2D eigenvalue weighted by Crippen LogP contribution is -2.12. The van der Waals surface area contributed by atoms with E-state index in [1.807, 2.05) is 0 Å². The maximum absolute atomic E-state index is 12.6. The highest BCUT2D eigenvalue weighted by atomic mass is 19.4. The Kier molecular flexibility index (Phi) is 3.03. The van der Waals surface area contributed by atoms with E-state index in [0.29, 0.717) is 12.1 Å². The van der Waals surface area contributed by atoms with Crippen molar-refractivity contribution in [3.05, 3.63) is 47.8 Å². The second-order valence-electron chi connectivity index (χ2n) is 3.65. The molecule has 0 saturated heterocycles. The van der Waals surface area contributed by atoms with Crippen molar-refractivity contribution in [1.29, 1.82) is 0 Å². The molecule has 0 saturated carbocycles. The maximum Gasteiger partial charge on any atom is 0.416 e. The predicted molar refractivity (Wildman–Crippen MR) is 52.4 cm³/mol. The fraction of sp³-hybridized carbons (Fsp3) is 0.182. The molecule has 2 nitrogen and oxygen atoms in total. The van der Waals surface area contributed by atoms with E-state index in [9.17, 15) is 26.3 Å². The molecule has 0 fully saturated rings. The van der Waals surface area contributed by atoms with Gasteiger partial charge in [-0.3, -0.25) is 0 Å². The van der Waals surface area contributed by atoms with Gasteiger partial charge in [0.1, 0.15) is 0 Å². The molecule has 0 unspecified atom stereocenters. The topological polar surface area (TPSA) is 17.8 Å². The zero-order valence-corrected chi connectivity index (χ0v) is 9.05. The highest BCUT2D eigenvalue weighted by Gasteiger charge is 2.37. The van der Waals surface area contributed by atoms with Gasteiger partial charge >= 0.3 is 12.4 Å².